The normalized spacial score (nSPS) is 10.3. The van der Waals surface area contributed by atoms with Crippen LogP contribution in [0.1, 0.15) is 18.1 Å². The van der Waals surface area contributed by atoms with Gasteiger partial charge in [-0.05, 0) is 25.0 Å². The molecule has 88 valence electrons. The zero-order valence-corrected chi connectivity index (χ0v) is 14.5. The van der Waals surface area contributed by atoms with E-state index in [-0.39, 0.29) is 5.70 Å². The summed E-state index contributed by atoms with van der Waals surface area (Å²) in [6.45, 7) is 3.97. The Balaban J connectivity index is 0.00000121. The predicted octanol–water partition coefficient (Wildman–Crippen LogP) is 3.79. The fourth-order valence-corrected chi connectivity index (χ4v) is 1.25. The van der Waals surface area contributed by atoms with E-state index in [1.54, 1.807) is 6.92 Å². The van der Waals surface area contributed by atoms with Crippen LogP contribution in [-0.4, -0.2) is 12.6 Å². The molecule has 0 fully saturated rings. The quantitative estimate of drug-likeness (QED) is 0.473. The topological polar surface area (TPSA) is 50.1 Å². The molecule has 0 radical (unpaired) electrons. The molecule has 0 saturated carbocycles. The molecular formula is C12H14BrNO2Zn. The summed E-state index contributed by atoms with van der Waals surface area (Å²) in [5.74, 6) is -0.467. The summed E-state index contributed by atoms with van der Waals surface area (Å²) in [6, 6.07) is 7.46. The van der Waals surface area contributed by atoms with Gasteiger partial charge in [-0.1, -0.05) is 24.3 Å². The summed E-state index contributed by atoms with van der Waals surface area (Å²) in [6.07, 6.45) is 1.20. The Hall–Kier alpha value is -0.667. The second-order valence-corrected chi connectivity index (χ2v) is 3.12. The Bertz CT molecular complexity index is 394. The van der Waals surface area contributed by atoms with Crippen LogP contribution in [0.2, 0.25) is 0 Å². The van der Waals surface area contributed by atoms with Crippen molar-refractivity contribution in [2.45, 2.75) is 13.8 Å². The third kappa shape index (κ3) is 5.99. The van der Waals surface area contributed by atoms with E-state index in [4.69, 9.17) is 10.5 Å². The first-order valence-electron chi connectivity index (χ1n) is 5.08. The zero-order chi connectivity index (χ0) is 13.3. The van der Waals surface area contributed by atoms with E-state index >= 15 is 0 Å². The van der Waals surface area contributed by atoms with Crippen molar-refractivity contribution in [3.8, 4) is 0 Å². The first-order chi connectivity index (χ1) is 8.15. The van der Waals surface area contributed by atoms with E-state index in [9.17, 15) is 4.79 Å². The number of carbonyl (C=O) groups is 1. The number of hydrogen-bond donors (Lipinski definition) is 0. The fraction of sp³-hybridized carbons (Fsp3) is 0.250. The summed E-state index contributed by atoms with van der Waals surface area (Å²) in [5, 5.41) is 0. The van der Waals surface area contributed by atoms with Gasteiger partial charge in [-0.25, -0.2) is 4.79 Å². The molecule has 0 heterocycles. The average molecular weight is 350 g/mol. The fourth-order valence-electron chi connectivity index (χ4n) is 1.25. The third-order valence-electron chi connectivity index (χ3n) is 1.98. The van der Waals surface area contributed by atoms with Gasteiger partial charge in [0.05, 0.1) is 6.61 Å². The molecule has 3 nitrogen and oxygen atoms in total. The van der Waals surface area contributed by atoms with Crippen molar-refractivity contribution >= 4 is 25.3 Å². The van der Waals surface area contributed by atoms with E-state index in [2.05, 4.69) is 13.6 Å². The molecule has 0 aliphatic rings. The molecule has 1 aromatic rings. The summed E-state index contributed by atoms with van der Waals surface area (Å²) in [5.41, 5.74) is 9.64. The van der Waals surface area contributed by atoms with E-state index in [1.165, 1.54) is 22.4 Å². The van der Waals surface area contributed by atoms with Gasteiger partial charge in [-0.3, -0.25) is 0 Å². The van der Waals surface area contributed by atoms with Crippen molar-refractivity contribution in [3.63, 3.8) is 0 Å². The molecular weight excluding hydrogens is 335 g/mol. The molecule has 1 N–H and O–H groups in total. The zero-order valence-electron chi connectivity index (χ0n) is 10.00. The number of carbonyl (C=O) groups excluding carboxylic acids is 1. The van der Waals surface area contributed by atoms with Crippen LogP contribution < -0.4 is 0 Å². The standard InChI is InChI=1S/C12H15NO2.BrH.Zn/c1-3-15-12(14)8-11(13)10-7-5-4-6-9(10)2;;/h4-8H,3H2,1-2H3,(H2,13,14);1H;/q;;+2/p-2. The Morgan fingerprint density at radius 1 is 1.47 bits per heavy atom. The Kier molecular flexibility index (Phi) is 9.00. The van der Waals surface area contributed by atoms with E-state index < -0.39 is 5.97 Å². The molecule has 5 heteroatoms. The van der Waals surface area contributed by atoms with E-state index in [0.29, 0.717) is 6.61 Å². The minimum absolute atomic E-state index is 0.187. The molecule has 0 aliphatic heterocycles. The summed E-state index contributed by atoms with van der Waals surface area (Å²) in [7, 11) is 0. The first kappa shape index (κ1) is 16.3. The van der Waals surface area contributed by atoms with Crippen LogP contribution in [0.3, 0.4) is 0 Å². The van der Waals surface area contributed by atoms with Crippen molar-refractivity contribution in [1.82, 2.24) is 0 Å². The number of nitrogens with one attached hydrogen (secondary N) is 1. The third-order valence-corrected chi connectivity index (χ3v) is 1.98. The maximum atomic E-state index is 11.1. The molecule has 0 saturated heterocycles. The van der Waals surface area contributed by atoms with Crippen molar-refractivity contribution in [1.29, 1.82) is 0 Å². The van der Waals surface area contributed by atoms with Gasteiger partial charge in [0, 0.05) is 6.08 Å². The monoisotopic (exact) mass is 347 g/mol. The van der Waals surface area contributed by atoms with Crippen molar-refractivity contribution in [3.05, 3.63) is 47.2 Å². The summed E-state index contributed by atoms with van der Waals surface area (Å²) >= 11 is 4.25. The maximum absolute atomic E-state index is 11.1. The van der Waals surface area contributed by atoms with Crippen molar-refractivity contribution in [2.24, 2.45) is 0 Å². The number of halogens is 1. The van der Waals surface area contributed by atoms with E-state index in [0.717, 1.165) is 11.1 Å². The van der Waals surface area contributed by atoms with Crippen molar-refractivity contribution < 1.29 is 25.9 Å². The molecule has 0 aliphatic carbocycles. The van der Waals surface area contributed by atoms with Crippen LogP contribution in [0.4, 0.5) is 0 Å². The van der Waals surface area contributed by atoms with Gasteiger partial charge in [0.15, 0.2) is 0 Å². The molecule has 0 unspecified atom stereocenters. The number of aryl methyl sites for hydroxylation is 1. The van der Waals surface area contributed by atoms with Crippen LogP contribution in [0.5, 0.6) is 0 Å². The predicted molar refractivity (Wildman–Crippen MR) is 69.0 cm³/mol. The number of hydrogen-bond acceptors (Lipinski definition) is 2. The minimum atomic E-state index is -0.467. The number of benzene rings is 1. The Morgan fingerprint density at radius 3 is 2.59 bits per heavy atom. The van der Waals surface area contributed by atoms with Crippen LogP contribution in [-0.2, 0) is 25.9 Å². The Morgan fingerprint density at radius 2 is 2.06 bits per heavy atom. The summed E-state index contributed by atoms with van der Waals surface area (Å²) in [4.78, 5) is 11.1. The molecule has 0 amide bonds. The molecule has 1 aromatic carbocycles. The first-order valence-corrected chi connectivity index (χ1v) is 12.0. The molecule has 0 aromatic heterocycles. The number of esters is 1. The molecule has 0 bridgehead atoms. The second-order valence-electron chi connectivity index (χ2n) is 3.12. The Labute approximate surface area is 118 Å². The van der Waals surface area contributed by atoms with Gasteiger partial charge in [0.1, 0.15) is 0 Å². The molecule has 0 spiro atoms. The van der Waals surface area contributed by atoms with Gasteiger partial charge < -0.3 is 10.5 Å². The second kappa shape index (κ2) is 9.37. The number of ether oxygens (including phenoxy) is 1. The number of rotatable bonds is 3. The van der Waals surface area contributed by atoms with Crippen molar-refractivity contribution in [2.75, 3.05) is 6.61 Å². The van der Waals surface area contributed by atoms with Crippen LogP contribution in [0.15, 0.2) is 30.3 Å². The van der Waals surface area contributed by atoms with Gasteiger partial charge >= 0.3 is 35.9 Å². The van der Waals surface area contributed by atoms with Crippen LogP contribution in [0, 0.1) is 6.92 Å². The van der Waals surface area contributed by atoms with Gasteiger partial charge in [0.2, 0.25) is 0 Å². The molecule has 17 heavy (non-hydrogen) atoms. The van der Waals surface area contributed by atoms with Gasteiger partial charge in [0.25, 0.3) is 0 Å². The summed E-state index contributed by atoms with van der Waals surface area (Å²) < 4.78 is 4.74. The van der Waals surface area contributed by atoms with Gasteiger partial charge in [-0.15, -0.1) is 5.70 Å². The van der Waals surface area contributed by atoms with Crippen LogP contribution in [0.25, 0.3) is 11.4 Å². The SMILES string of the molecule is CCOC(=O)/C=C(\[NH-])c1ccccc1C.[Zn+][Br]. The molecule has 1 rings (SSSR count). The van der Waals surface area contributed by atoms with Crippen LogP contribution >= 0.6 is 13.6 Å². The molecule has 0 atom stereocenters. The average Bonchev–Trinajstić information content (AvgIpc) is 2.32. The van der Waals surface area contributed by atoms with Gasteiger partial charge in [-0.2, -0.15) is 0 Å². The van der Waals surface area contributed by atoms with E-state index in [1.807, 2.05) is 31.2 Å².